The van der Waals surface area contributed by atoms with Gasteiger partial charge in [-0.2, -0.15) is 0 Å². The van der Waals surface area contributed by atoms with Gasteiger partial charge in [0.15, 0.2) is 23.0 Å². The molecule has 0 atom stereocenters. The molecular weight excluding hydrogens is 592 g/mol. The van der Waals surface area contributed by atoms with E-state index >= 15 is 0 Å². The van der Waals surface area contributed by atoms with Crippen LogP contribution < -0.4 is 18.9 Å². The quantitative estimate of drug-likeness (QED) is 0.0968. The number of ether oxygens (including phenoxy) is 4. The number of unbranched alkanes of at least 4 members (excludes halogenated alkanes) is 12. The van der Waals surface area contributed by atoms with E-state index in [2.05, 4.69) is 27.7 Å². The standard InChI is InChI=1S/C36H58O8S/c1-5-9-13-17-21-41-31-27-35(33(25-29(31)37)43-23-19-15-11-7-3)45(39,40)36-28-32(42-22-18-14-10-6-2)30(38)26-34(36)44-24-20-16-12-8-4/h25-28,37-38H,5-24H2,1-4H3. The van der Waals surface area contributed by atoms with Crippen molar-refractivity contribution in [1.82, 2.24) is 0 Å². The van der Waals surface area contributed by atoms with Crippen molar-refractivity contribution in [2.45, 2.75) is 140 Å². The number of benzene rings is 2. The summed E-state index contributed by atoms with van der Waals surface area (Å²) in [4.78, 5) is -0.260. The van der Waals surface area contributed by atoms with Gasteiger partial charge in [0.05, 0.1) is 26.4 Å². The Hall–Kier alpha value is -2.81. The molecule has 0 unspecified atom stereocenters. The van der Waals surface area contributed by atoms with Gasteiger partial charge in [-0.05, 0) is 25.7 Å². The van der Waals surface area contributed by atoms with Gasteiger partial charge < -0.3 is 29.2 Å². The lowest BCUT2D eigenvalue weighted by molar-refractivity contribution is 0.276. The van der Waals surface area contributed by atoms with Crippen molar-refractivity contribution < 1.29 is 37.6 Å². The van der Waals surface area contributed by atoms with Crippen LogP contribution in [0.3, 0.4) is 0 Å². The summed E-state index contributed by atoms with van der Waals surface area (Å²) in [6.45, 7) is 9.81. The molecule has 2 aromatic rings. The molecule has 8 nitrogen and oxygen atoms in total. The Bertz CT molecular complexity index is 1120. The third-order valence-corrected chi connectivity index (χ3v) is 9.45. The Morgan fingerprint density at radius 2 is 0.733 bits per heavy atom. The number of hydrogen-bond acceptors (Lipinski definition) is 8. The van der Waals surface area contributed by atoms with Crippen LogP contribution in [0.5, 0.6) is 34.5 Å². The number of phenols is 2. The van der Waals surface area contributed by atoms with Crippen molar-refractivity contribution in [1.29, 1.82) is 0 Å². The van der Waals surface area contributed by atoms with Gasteiger partial charge in [0.1, 0.15) is 21.3 Å². The maximum absolute atomic E-state index is 14.5. The van der Waals surface area contributed by atoms with Gasteiger partial charge >= 0.3 is 0 Å². The van der Waals surface area contributed by atoms with Crippen LogP contribution in [0.4, 0.5) is 0 Å². The third-order valence-electron chi connectivity index (χ3n) is 7.65. The fraction of sp³-hybridized carbons (Fsp3) is 0.667. The molecule has 0 aliphatic carbocycles. The van der Waals surface area contributed by atoms with E-state index in [1.807, 2.05) is 0 Å². The first kappa shape index (κ1) is 38.4. The van der Waals surface area contributed by atoms with Crippen molar-refractivity contribution in [2.75, 3.05) is 26.4 Å². The first-order valence-electron chi connectivity index (χ1n) is 17.3. The lowest BCUT2D eigenvalue weighted by Crippen LogP contribution is -2.11. The molecule has 9 heteroatoms. The highest BCUT2D eigenvalue weighted by atomic mass is 32.2. The summed E-state index contributed by atoms with van der Waals surface area (Å²) in [7, 11) is -4.28. The molecule has 2 rings (SSSR count). The number of hydrogen-bond donors (Lipinski definition) is 2. The highest BCUT2D eigenvalue weighted by Gasteiger charge is 2.30. The zero-order valence-corrected chi connectivity index (χ0v) is 29.0. The zero-order valence-electron chi connectivity index (χ0n) is 28.2. The van der Waals surface area contributed by atoms with Crippen LogP contribution in [0, 0.1) is 0 Å². The summed E-state index contributed by atoms with van der Waals surface area (Å²) in [5.74, 6) is -0.102. The lowest BCUT2D eigenvalue weighted by atomic mass is 10.2. The Morgan fingerprint density at radius 3 is 1.02 bits per heavy atom. The zero-order chi connectivity index (χ0) is 32.9. The van der Waals surface area contributed by atoms with E-state index < -0.39 is 9.84 Å². The minimum atomic E-state index is -4.28. The van der Waals surface area contributed by atoms with Crippen LogP contribution in [-0.2, 0) is 9.84 Å². The van der Waals surface area contributed by atoms with Crippen LogP contribution in [0.1, 0.15) is 130 Å². The van der Waals surface area contributed by atoms with Crippen molar-refractivity contribution in [3.63, 3.8) is 0 Å². The monoisotopic (exact) mass is 650 g/mol. The van der Waals surface area contributed by atoms with Crippen LogP contribution in [0.15, 0.2) is 34.1 Å². The average Bonchev–Trinajstić information content (AvgIpc) is 3.02. The van der Waals surface area contributed by atoms with E-state index in [-0.39, 0.29) is 44.3 Å². The van der Waals surface area contributed by atoms with Gasteiger partial charge in [-0.1, -0.05) is 105 Å². The molecular formula is C36H58O8S. The molecule has 0 heterocycles. The molecule has 0 spiro atoms. The van der Waals surface area contributed by atoms with Crippen LogP contribution in [0.2, 0.25) is 0 Å². The largest absolute Gasteiger partial charge is 0.504 e. The van der Waals surface area contributed by atoms with Gasteiger partial charge in [0.25, 0.3) is 0 Å². The molecule has 0 amide bonds. The topological polar surface area (TPSA) is 112 Å². The first-order valence-corrected chi connectivity index (χ1v) is 18.8. The second-order valence-electron chi connectivity index (χ2n) is 11.7. The molecule has 0 aliphatic heterocycles. The van der Waals surface area contributed by atoms with Crippen molar-refractivity contribution in [3.05, 3.63) is 24.3 Å². The summed E-state index contributed by atoms with van der Waals surface area (Å²) >= 11 is 0. The van der Waals surface area contributed by atoms with E-state index in [0.29, 0.717) is 26.4 Å². The van der Waals surface area contributed by atoms with Gasteiger partial charge in [0, 0.05) is 24.3 Å². The number of sulfone groups is 1. The van der Waals surface area contributed by atoms with E-state index in [0.717, 1.165) is 103 Å². The summed E-state index contributed by atoms with van der Waals surface area (Å²) < 4.78 is 52.6. The predicted octanol–water partition coefficient (Wildman–Crippen LogP) is 9.77. The molecule has 0 saturated carbocycles. The molecule has 0 saturated heterocycles. The molecule has 0 bridgehead atoms. The molecule has 0 radical (unpaired) electrons. The molecule has 0 fully saturated rings. The van der Waals surface area contributed by atoms with Crippen LogP contribution in [0.25, 0.3) is 0 Å². The van der Waals surface area contributed by atoms with Crippen molar-refractivity contribution in [3.8, 4) is 34.5 Å². The number of aromatic hydroxyl groups is 2. The van der Waals surface area contributed by atoms with Gasteiger partial charge in [-0.25, -0.2) is 8.42 Å². The maximum Gasteiger partial charge on any atom is 0.214 e. The van der Waals surface area contributed by atoms with Crippen molar-refractivity contribution >= 4 is 9.84 Å². The number of phenolic OH excluding ortho intramolecular Hbond substituents is 2. The molecule has 2 N–H and O–H groups in total. The van der Waals surface area contributed by atoms with Gasteiger partial charge in [-0.15, -0.1) is 0 Å². The second kappa shape index (κ2) is 21.8. The van der Waals surface area contributed by atoms with E-state index in [1.165, 1.54) is 24.3 Å². The van der Waals surface area contributed by atoms with E-state index in [1.54, 1.807) is 0 Å². The summed E-state index contributed by atoms with van der Waals surface area (Å²) in [6, 6.07) is 5.33. The second-order valence-corrected chi connectivity index (χ2v) is 13.6. The fourth-order valence-electron chi connectivity index (χ4n) is 4.90. The Labute approximate surface area is 272 Å². The lowest BCUT2D eigenvalue weighted by Gasteiger charge is -2.19. The fourth-order valence-corrected chi connectivity index (χ4v) is 6.43. The van der Waals surface area contributed by atoms with Crippen LogP contribution >= 0.6 is 0 Å². The molecule has 0 aliphatic rings. The summed E-state index contributed by atoms with van der Waals surface area (Å²) in [5, 5.41) is 21.6. The maximum atomic E-state index is 14.5. The first-order chi connectivity index (χ1) is 21.8. The van der Waals surface area contributed by atoms with Gasteiger partial charge in [0.2, 0.25) is 9.84 Å². The molecule has 2 aromatic carbocycles. The minimum absolute atomic E-state index is 0.0475. The average molecular weight is 651 g/mol. The Morgan fingerprint density at radius 1 is 0.444 bits per heavy atom. The van der Waals surface area contributed by atoms with E-state index in [9.17, 15) is 18.6 Å². The summed E-state index contributed by atoms with van der Waals surface area (Å²) in [5.41, 5.74) is 0. The van der Waals surface area contributed by atoms with E-state index in [4.69, 9.17) is 18.9 Å². The summed E-state index contributed by atoms with van der Waals surface area (Å²) in [6.07, 6.45) is 15.5. The smallest absolute Gasteiger partial charge is 0.214 e. The molecule has 0 aromatic heterocycles. The Balaban J connectivity index is 2.52. The highest BCUT2D eigenvalue weighted by Crippen LogP contribution is 2.44. The highest BCUT2D eigenvalue weighted by molar-refractivity contribution is 7.91. The Kier molecular flexibility index (Phi) is 18.6. The normalized spacial score (nSPS) is 11.5. The molecule has 45 heavy (non-hydrogen) atoms. The van der Waals surface area contributed by atoms with Crippen molar-refractivity contribution in [2.24, 2.45) is 0 Å². The predicted molar refractivity (Wildman–Crippen MR) is 180 cm³/mol. The van der Waals surface area contributed by atoms with Gasteiger partial charge in [-0.3, -0.25) is 0 Å². The SMILES string of the molecule is CCCCCCOc1cc(S(=O)(=O)c2cc(OCCCCCC)c(O)cc2OCCCCCC)c(OCCCCCC)cc1O. The van der Waals surface area contributed by atoms with Crippen LogP contribution in [-0.4, -0.2) is 45.1 Å². The minimum Gasteiger partial charge on any atom is -0.504 e. The number of rotatable bonds is 26. The third kappa shape index (κ3) is 13.2. The molecule has 256 valence electrons.